The Bertz CT molecular complexity index is 302. The number of hydrogen-bond donors (Lipinski definition) is 1. The second kappa shape index (κ2) is 3.99. The Morgan fingerprint density at radius 1 is 1.21 bits per heavy atom. The highest BCUT2D eigenvalue weighted by Gasteiger charge is 2.29. The fraction of sp³-hybridized carbons (Fsp3) is 0.545. The van der Waals surface area contributed by atoms with Crippen LogP contribution in [0.4, 0.5) is 0 Å². The fourth-order valence-corrected chi connectivity index (χ4v) is 2.38. The maximum absolute atomic E-state index is 6.38. The van der Waals surface area contributed by atoms with Crippen molar-refractivity contribution in [3.8, 4) is 0 Å². The van der Waals surface area contributed by atoms with Crippen molar-refractivity contribution in [3.05, 3.63) is 28.5 Å². The average Bonchev–Trinajstić information content (AvgIpc) is 2.19. The Morgan fingerprint density at radius 2 is 1.93 bits per heavy atom. The highest BCUT2D eigenvalue weighted by Crippen LogP contribution is 2.34. The summed E-state index contributed by atoms with van der Waals surface area (Å²) in [6.07, 6.45) is 7.89. The van der Waals surface area contributed by atoms with Crippen LogP contribution in [-0.2, 0) is 5.54 Å². The van der Waals surface area contributed by atoms with Crippen molar-refractivity contribution in [3.63, 3.8) is 0 Å². The van der Waals surface area contributed by atoms with Gasteiger partial charge in [0.25, 0.3) is 0 Å². The molecule has 14 heavy (non-hydrogen) atoms. The molecule has 1 aliphatic carbocycles. The molecule has 76 valence electrons. The number of nitrogens with two attached hydrogens (primary N) is 1. The third-order valence-corrected chi connectivity index (χ3v) is 3.52. The number of hydrogen-bond acceptors (Lipinski definition) is 2. The molecule has 2 nitrogen and oxygen atoms in total. The molecular formula is C11H15BrN2. The van der Waals surface area contributed by atoms with Gasteiger partial charge in [-0.05, 0) is 40.4 Å². The zero-order valence-electron chi connectivity index (χ0n) is 8.17. The van der Waals surface area contributed by atoms with E-state index in [1.807, 2.05) is 12.3 Å². The van der Waals surface area contributed by atoms with Gasteiger partial charge in [-0.1, -0.05) is 25.3 Å². The van der Waals surface area contributed by atoms with Gasteiger partial charge in [0, 0.05) is 11.7 Å². The minimum atomic E-state index is -0.119. The third-order valence-electron chi connectivity index (χ3n) is 3.05. The van der Waals surface area contributed by atoms with E-state index in [4.69, 9.17) is 5.73 Å². The lowest BCUT2D eigenvalue weighted by atomic mass is 9.78. The quantitative estimate of drug-likeness (QED) is 0.783. The lowest BCUT2D eigenvalue weighted by molar-refractivity contribution is 0.301. The molecule has 2 N–H and O–H groups in total. The van der Waals surface area contributed by atoms with Gasteiger partial charge >= 0.3 is 0 Å². The number of rotatable bonds is 1. The van der Waals surface area contributed by atoms with E-state index in [-0.39, 0.29) is 5.54 Å². The van der Waals surface area contributed by atoms with Gasteiger partial charge in [0.1, 0.15) is 4.60 Å². The van der Waals surface area contributed by atoms with Crippen LogP contribution >= 0.6 is 15.9 Å². The van der Waals surface area contributed by atoms with E-state index in [0.29, 0.717) is 0 Å². The molecule has 3 heteroatoms. The van der Waals surface area contributed by atoms with Gasteiger partial charge < -0.3 is 5.73 Å². The minimum Gasteiger partial charge on any atom is -0.321 e. The molecule has 1 fully saturated rings. The summed E-state index contributed by atoms with van der Waals surface area (Å²) in [6.45, 7) is 0. The van der Waals surface area contributed by atoms with Gasteiger partial charge in [-0.25, -0.2) is 4.98 Å². The molecule has 0 spiro atoms. The van der Waals surface area contributed by atoms with E-state index < -0.39 is 0 Å². The summed E-state index contributed by atoms with van der Waals surface area (Å²) >= 11 is 3.34. The molecule has 0 atom stereocenters. The van der Waals surface area contributed by atoms with Crippen molar-refractivity contribution in [2.45, 2.75) is 37.6 Å². The molecule has 1 heterocycles. The second-order valence-corrected chi connectivity index (χ2v) is 4.90. The molecule has 0 aliphatic heterocycles. The van der Waals surface area contributed by atoms with E-state index in [1.54, 1.807) is 0 Å². The second-order valence-electron chi connectivity index (χ2n) is 4.09. The summed E-state index contributed by atoms with van der Waals surface area (Å²) in [6, 6.07) is 4.06. The monoisotopic (exact) mass is 254 g/mol. The topological polar surface area (TPSA) is 38.9 Å². The highest BCUT2D eigenvalue weighted by atomic mass is 79.9. The maximum atomic E-state index is 6.38. The van der Waals surface area contributed by atoms with Crippen LogP contribution in [0.15, 0.2) is 22.9 Å². The molecule has 0 aromatic carbocycles. The van der Waals surface area contributed by atoms with Gasteiger partial charge in [-0.3, -0.25) is 0 Å². The summed E-state index contributed by atoms with van der Waals surface area (Å²) in [5, 5.41) is 0. The SMILES string of the molecule is NC1(c2ccc(Br)nc2)CCCCC1. The zero-order valence-corrected chi connectivity index (χ0v) is 9.76. The Morgan fingerprint density at radius 3 is 2.50 bits per heavy atom. The summed E-state index contributed by atoms with van der Waals surface area (Å²) in [5.74, 6) is 0. The smallest absolute Gasteiger partial charge is 0.106 e. The van der Waals surface area contributed by atoms with Crippen molar-refractivity contribution in [1.82, 2.24) is 4.98 Å². The number of pyridine rings is 1. The standard InChI is InChI=1S/C11H15BrN2/c12-10-5-4-9(8-14-10)11(13)6-2-1-3-7-11/h4-5,8H,1-3,6-7,13H2. The first-order valence-electron chi connectivity index (χ1n) is 5.12. The summed E-state index contributed by atoms with van der Waals surface area (Å²) in [4.78, 5) is 4.24. The molecule has 0 saturated heterocycles. The lowest BCUT2D eigenvalue weighted by Gasteiger charge is -2.33. The minimum absolute atomic E-state index is 0.119. The molecule has 1 aromatic rings. The first-order valence-corrected chi connectivity index (χ1v) is 5.91. The molecule has 0 unspecified atom stereocenters. The largest absolute Gasteiger partial charge is 0.321 e. The van der Waals surface area contributed by atoms with Crippen LogP contribution in [0.5, 0.6) is 0 Å². The molecule has 2 rings (SSSR count). The summed E-state index contributed by atoms with van der Waals surface area (Å²) < 4.78 is 0.876. The van der Waals surface area contributed by atoms with Gasteiger partial charge in [0.15, 0.2) is 0 Å². The predicted molar refractivity (Wildman–Crippen MR) is 60.9 cm³/mol. The van der Waals surface area contributed by atoms with Gasteiger partial charge in [0.2, 0.25) is 0 Å². The number of nitrogens with zero attached hydrogens (tertiary/aromatic N) is 1. The number of halogens is 1. The molecular weight excluding hydrogens is 240 g/mol. The van der Waals surface area contributed by atoms with E-state index >= 15 is 0 Å². The zero-order chi connectivity index (χ0) is 10.0. The highest BCUT2D eigenvalue weighted by molar-refractivity contribution is 9.10. The van der Waals surface area contributed by atoms with Crippen molar-refractivity contribution in [1.29, 1.82) is 0 Å². The Balaban J connectivity index is 2.23. The van der Waals surface area contributed by atoms with Crippen LogP contribution in [0.25, 0.3) is 0 Å². The molecule has 1 aromatic heterocycles. The molecule has 0 radical (unpaired) electrons. The van der Waals surface area contributed by atoms with E-state index in [2.05, 4.69) is 27.0 Å². The van der Waals surface area contributed by atoms with Crippen molar-refractivity contribution >= 4 is 15.9 Å². The van der Waals surface area contributed by atoms with E-state index in [0.717, 1.165) is 17.4 Å². The van der Waals surface area contributed by atoms with Crippen LogP contribution in [0.1, 0.15) is 37.7 Å². The van der Waals surface area contributed by atoms with E-state index in [9.17, 15) is 0 Å². The Hall–Kier alpha value is -0.410. The third kappa shape index (κ3) is 1.98. The van der Waals surface area contributed by atoms with Crippen LogP contribution < -0.4 is 5.73 Å². The molecule has 1 saturated carbocycles. The number of aromatic nitrogens is 1. The summed E-state index contributed by atoms with van der Waals surface area (Å²) in [5.41, 5.74) is 7.44. The van der Waals surface area contributed by atoms with Crippen molar-refractivity contribution < 1.29 is 0 Å². The van der Waals surface area contributed by atoms with Crippen LogP contribution in [0.2, 0.25) is 0 Å². The van der Waals surface area contributed by atoms with Crippen molar-refractivity contribution in [2.75, 3.05) is 0 Å². The fourth-order valence-electron chi connectivity index (χ4n) is 2.14. The normalized spacial score (nSPS) is 20.7. The molecule has 0 bridgehead atoms. The average molecular weight is 255 g/mol. The molecule has 0 amide bonds. The predicted octanol–water partition coefficient (Wildman–Crippen LogP) is 2.96. The van der Waals surface area contributed by atoms with Gasteiger partial charge in [-0.2, -0.15) is 0 Å². The Kier molecular flexibility index (Phi) is 2.88. The van der Waals surface area contributed by atoms with E-state index in [1.165, 1.54) is 24.8 Å². The van der Waals surface area contributed by atoms with Crippen LogP contribution in [0, 0.1) is 0 Å². The summed E-state index contributed by atoms with van der Waals surface area (Å²) in [7, 11) is 0. The van der Waals surface area contributed by atoms with Gasteiger partial charge in [0.05, 0.1) is 0 Å². The Labute approximate surface area is 93.0 Å². The van der Waals surface area contributed by atoms with Gasteiger partial charge in [-0.15, -0.1) is 0 Å². The maximum Gasteiger partial charge on any atom is 0.106 e. The lowest BCUT2D eigenvalue weighted by Crippen LogP contribution is -2.38. The van der Waals surface area contributed by atoms with Crippen LogP contribution in [-0.4, -0.2) is 4.98 Å². The van der Waals surface area contributed by atoms with Crippen LogP contribution in [0.3, 0.4) is 0 Å². The van der Waals surface area contributed by atoms with Crippen molar-refractivity contribution in [2.24, 2.45) is 5.73 Å². The first kappa shape index (κ1) is 10.1. The molecule has 1 aliphatic rings. The first-order chi connectivity index (χ1) is 6.71.